The molecule has 1 N–H and O–H groups in total. The highest BCUT2D eigenvalue weighted by Gasteiger charge is 2.22. The summed E-state index contributed by atoms with van der Waals surface area (Å²) in [6, 6.07) is 20.3. The average Bonchev–Trinajstić information content (AvgIpc) is 3.20. The Morgan fingerprint density at radius 1 is 0.852 bits per heavy atom. The lowest BCUT2D eigenvalue weighted by Crippen LogP contribution is -1.95. The third kappa shape index (κ3) is 2.28. The van der Waals surface area contributed by atoms with Crippen LogP contribution in [-0.2, 0) is 0 Å². The van der Waals surface area contributed by atoms with E-state index in [-0.39, 0.29) is 16.5 Å². The summed E-state index contributed by atoms with van der Waals surface area (Å²) >= 11 is 0. The topological polar surface area (TPSA) is 33.6 Å². The van der Waals surface area contributed by atoms with Crippen LogP contribution in [0.4, 0.5) is 8.78 Å². The molecule has 3 aromatic carbocycles. The first-order valence-corrected chi connectivity index (χ1v) is 8.64. The summed E-state index contributed by atoms with van der Waals surface area (Å²) in [5.41, 5.74) is 3.66. The maximum Gasteiger partial charge on any atom is 0.216 e. The molecular weight excluding hydrogens is 344 g/mol. The van der Waals surface area contributed by atoms with Gasteiger partial charge in [0.2, 0.25) is 5.95 Å². The van der Waals surface area contributed by atoms with Crippen molar-refractivity contribution in [1.82, 2.24) is 14.8 Å². The Bertz CT molecular complexity index is 1300. The van der Waals surface area contributed by atoms with Crippen molar-refractivity contribution in [3.05, 3.63) is 84.1 Å². The van der Waals surface area contributed by atoms with E-state index in [2.05, 4.69) is 10.1 Å². The quantitative estimate of drug-likeness (QED) is 0.427. The minimum Gasteiger partial charge on any atom is -0.268 e. The fourth-order valence-electron chi connectivity index (χ4n) is 3.60. The van der Waals surface area contributed by atoms with Gasteiger partial charge in [-0.15, -0.1) is 0 Å². The summed E-state index contributed by atoms with van der Waals surface area (Å²) in [7, 11) is 0. The Morgan fingerprint density at radius 2 is 1.59 bits per heavy atom. The first kappa shape index (κ1) is 15.8. The molecule has 0 saturated heterocycles. The number of para-hydroxylation sites is 1. The second kappa shape index (κ2) is 5.77. The number of nitrogens with one attached hydrogen (secondary N) is 1. The number of rotatable bonds is 2. The molecule has 5 rings (SSSR count). The van der Waals surface area contributed by atoms with Gasteiger partial charge >= 0.3 is 0 Å². The summed E-state index contributed by atoms with van der Waals surface area (Å²) in [6.45, 7) is 1.91. The van der Waals surface area contributed by atoms with Crippen LogP contribution in [0.2, 0.25) is 0 Å². The molecule has 0 unspecified atom stereocenters. The highest BCUT2D eigenvalue weighted by molar-refractivity contribution is 6.08. The lowest BCUT2D eigenvalue weighted by atomic mass is 10.0. The smallest absolute Gasteiger partial charge is 0.216 e. The number of hydrogen-bond acceptors (Lipinski definition) is 1. The number of benzene rings is 3. The van der Waals surface area contributed by atoms with Crippen molar-refractivity contribution in [2.24, 2.45) is 0 Å². The molecule has 0 bridgehead atoms. The third-order valence-electron chi connectivity index (χ3n) is 4.91. The Kier molecular flexibility index (Phi) is 3.37. The van der Waals surface area contributed by atoms with E-state index in [1.807, 2.05) is 61.5 Å². The first-order chi connectivity index (χ1) is 13.1. The van der Waals surface area contributed by atoms with Crippen molar-refractivity contribution in [2.45, 2.75) is 6.92 Å². The van der Waals surface area contributed by atoms with E-state index >= 15 is 4.39 Å². The predicted molar refractivity (Wildman–Crippen MR) is 103 cm³/mol. The summed E-state index contributed by atoms with van der Waals surface area (Å²) in [5, 5.41) is 3.12. The summed E-state index contributed by atoms with van der Waals surface area (Å²) < 4.78 is 31.8. The summed E-state index contributed by atoms with van der Waals surface area (Å²) in [6.07, 6.45) is 0. The monoisotopic (exact) mass is 359 g/mol. The molecule has 5 heteroatoms. The fourth-order valence-corrected chi connectivity index (χ4v) is 3.60. The van der Waals surface area contributed by atoms with Gasteiger partial charge in [0.25, 0.3) is 0 Å². The van der Waals surface area contributed by atoms with Gasteiger partial charge in [0.15, 0.2) is 5.82 Å². The fraction of sp³-hybridized carbons (Fsp3) is 0.0455. The van der Waals surface area contributed by atoms with Crippen LogP contribution >= 0.6 is 0 Å². The SMILES string of the molecule is Cc1ccccc1-c1nc2ccc3c(c(F)[nH]n3-c3ccccc3)c2c1F. The molecule has 0 spiro atoms. The molecule has 2 aromatic heterocycles. The van der Waals surface area contributed by atoms with Gasteiger partial charge < -0.3 is 0 Å². The molecule has 2 heterocycles. The van der Waals surface area contributed by atoms with Gasteiger partial charge in [-0.3, -0.25) is 9.78 Å². The van der Waals surface area contributed by atoms with Crippen LogP contribution < -0.4 is 0 Å². The molecule has 0 aliphatic heterocycles. The van der Waals surface area contributed by atoms with Gasteiger partial charge in [-0.05, 0) is 36.8 Å². The maximum absolute atomic E-state index is 15.4. The van der Waals surface area contributed by atoms with Crippen molar-refractivity contribution in [3.63, 3.8) is 0 Å². The van der Waals surface area contributed by atoms with Crippen LogP contribution in [0.5, 0.6) is 0 Å². The molecule has 0 aliphatic rings. The molecule has 0 atom stereocenters. The zero-order valence-corrected chi connectivity index (χ0v) is 14.5. The Morgan fingerprint density at radius 3 is 2.37 bits per heavy atom. The molecule has 0 saturated carbocycles. The minimum atomic E-state index is -0.581. The van der Waals surface area contributed by atoms with E-state index in [1.54, 1.807) is 16.8 Å². The second-order valence-corrected chi connectivity index (χ2v) is 6.54. The van der Waals surface area contributed by atoms with E-state index in [9.17, 15) is 4.39 Å². The van der Waals surface area contributed by atoms with Crippen molar-refractivity contribution in [3.8, 4) is 16.9 Å². The van der Waals surface area contributed by atoms with Gasteiger partial charge in [0.05, 0.1) is 27.5 Å². The third-order valence-corrected chi connectivity index (χ3v) is 4.91. The van der Waals surface area contributed by atoms with Crippen molar-refractivity contribution < 1.29 is 8.78 Å². The van der Waals surface area contributed by atoms with Crippen LogP contribution in [0.25, 0.3) is 38.8 Å². The highest BCUT2D eigenvalue weighted by Crippen LogP contribution is 2.36. The minimum absolute atomic E-state index is 0.203. The van der Waals surface area contributed by atoms with E-state index in [1.165, 1.54) is 0 Å². The van der Waals surface area contributed by atoms with Crippen LogP contribution in [0.1, 0.15) is 5.56 Å². The summed E-state index contributed by atoms with van der Waals surface area (Å²) in [5.74, 6) is -1.08. The molecule has 5 aromatic rings. The van der Waals surface area contributed by atoms with Crippen LogP contribution in [0.15, 0.2) is 66.7 Å². The maximum atomic E-state index is 15.4. The normalized spacial score (nSPS) is 11.5. The first-order valence-electron chi connectivity index (χ1n) is 8.64. The molecule has 3 nitrogen and oxygen atoms in total. The molecule has 0 fully saturated rings. The molecule has 0 amide bonds. The number of fused-ring (bicyclic) bond motifs is 3. The standard InChI is InChI=1S/C22H15F2N3/c1-13-7-5-6-10-15(13)21-20(23)18-16(25-21)11-12-17-19(18)22(24)26-27(17)14-8-3-2-4-9-14/h2-12,26H,1H3. The largest absolute Gasteiger partial charge is 0.268 e. The molecule has 132 valence electrons. The lowest BCUT2D eigenvalue weighted by molar-refractivity contribution is 0.575. The van der Waals surface area contributed by atoms with E-state index < -0.39 is 11.8 Å². The number of hydrogen-bond donors (Lipinski definition) is 1. The highest BCUT2D eigenvalue weighted by atomic mass is 19.1. The number of H-pyrrole nitrogens is 1. The van der Waals surface area contributed by atoms with E-state index in [0.717, 1.165) is 11.3 Å². The van der Waals surface area contributed by atoms with Crippen molar-refractivity contribution in [2.75, 3.05) is 0 Å². The Hall–Kier alpha value is -3.47. The number of aryl methyl sites for hydroxylation is 1. The van der Waals surface area contributed by atoms with Gasteiger partial charge in [0, 0.05) is 5.56 Å². The zero-order chi connectivity index (χ0) is 18.5. The van der Waals surface area contributed by atoms with E-state index in [4.69, 9.17) is 0 Å². The van der Waals surface area contributed by atoms with Crippen LogP contribution in [-0.4, -0.2) is 14.8 Å². The number of aromatic nitrogens is 3. The number of aromatic amines is 1. The molecule has 0 radical (unpaired) electrons. The van der Waals surface area contributed by atoms with Crippen molar-refractivity contribution in [1.29, 1.82) is 0 Å². The number of halogens is 2. The Labute approximate surface area is 153 Å². The van der Waals surface area contributed by atoms with E-state index in [0.29, 0.717) is 16.6 Å². The van der Waals surface area contributed by atoms with Crippen LogP contribution in [0, 0.1) is 18.7 Å². The molecule has 0 aliphatic carbocycles. The van der Waals surface area contributed by atoms with Crippen LogP contribution in [0.3, 0.4) is 0 Å². The van der Waals surface area contributed by atoms with Crippen molar-refractivity contribution >= 4 is 21.8 Å². The van der Waals surface area contributed by atoms with Gasteiger partial charge in [-0.25, -0.2) is 9.37 Å². The molecule has 27 heavy (non-hydrogen) atoms. The van der Waals surface area contributed by atoms with Gasteiger partial charge in [-0.2, -0.15) is 4.39 Å². The summed E-state index contributed by atoms with van der Waals surface area (Å²) in [4.78, 5) is 4.45. The Balaban J connectivity index is 1.84. The lowest BCUT2D eigenvalue weighted by Gasteiger charge is -2.03. The zero-order valence-electron chi connectivity index (χ0n) is 14.5. The average molecular weight is 359 g/mol. The molecular formula is C22H15F2N3. The predicted octanol–water partition coefficient (Wildman–Crippen LogP) is 5.76. The number of nitrogens with zero attached hydrogens (tertiary/aromatic N) is 2. The van der Waals surface area contributed by atoms with Gasteiger partial charge in [0.1, 0.15) is 5.69 Å². The van der Waals surface area contributed by atoms with Gasteiger partial charge in [-0.1, -0.05) is 42.5 Å². The second-order valence-electron chi connectivity index (χ2n) is 6.54.